The molecule has 2 aromatic rings. The maximum absolute atomic E-state index is 13.4. The van der Waals surface area contributed by atoms with Crippen LogP contribution in [-0.4, -0.2) is 60.4 Å². The smallest absolute Gasteiger partial charge is 0.295 e. The minimum absolute atomic E-state index is 0.00813. The summed E-state index contributed by atoms with van der Waals surface area (Å²) in [6, 6.07) is 11.4. The fourth-order valence-corrected chi connectivity index (χ4v) is 3.68. The number of carbonyl (C=O) groups excluding carboxylic acids is 2. The molecule has 6 nitrogen and oxygen atoms in total. The fourth-order valence-electron chi connectivity index (χ4n) is 3.68. The minimum Gasteiger partial charge on any atom is -0.507 e. The number of likely N-dealkylation sites (tertiary alicyclic amines) is 1. The third kappa shape index (κ3) is 5.06. The molecule has 0 unspecified atom stereocenters. The quantitative estimate of drug-likeness (QED) is 0.279. The van der Waals surface area contributed by atoms with Crippen molar-refractivity contribution in [1.82, 2.24) is 9.80 Å². The summed E-state index contributed by atoms with van der Waals surface area (Å²) in [4.78, 5) is 29.3. The van der Waals surface area contributed by atoms with Crippen LogP contribution in [0, 0.1) is 5.82 Å². The lowest BCUT2D eigenvalue weighted by molar-refractivity contribution is -0.139. The molecular formula is C25H27FN2O4. The molecule has 1 N–H and O–H groups in total. The first-order valence-electron chi connectivity index (χ1n) is 10.4. The molecule has 1 aliphatic rings. The van der Waals surface area contributed by atoms with E-state index in [0.29, 0.717) is 30.9 Å². The Labute approximate surface area is 187 Å². The topological polar surface area (TPSA) is 70.1 Å². The first-order chi connectivity index (χ1) is 15.3. The number of rotatable bonds is 9. The summed E-state index contributed by atoms with van der Waals surface area (Å²) in [5, 5.41) is 10.9. The van der Waals surface area contributed by atoms with Crippen LogP contribution in [0.3, 0.4) is 0 Å². The molecular weight excluding hydrogens is 411 g/mol. The number of ketones is 1. The van der Waals surface area contributed by atoms with Crippen LogP contribution in [0.5, 0.6) is 5.75 Å². The van der Waals surface area contributed by atoms with Crippen LogP contribution in [0.2, 0.25) is 0 Å². The van der Waals surface area contributed by atoms with Gasteiger partial charge >= 0.3 is 0 Å². The van der Waals surface area contributed by atoms with Crippen molar-refractivity contribution < 1.29 is 23.8 Å². The summed E-state index contributed by atoms with van der Waals surface area (Å²) in [6.07, 6.45) is 2.30. The number of aliphatic hydroxyl groups is 1. The number of benzene rings is 2. The van der Waals surface area contributed by atoms with Gasteiger partial charge in [-0.3, -0.25) is 9.59 Å². The molecule has 0 radical (unpaired) electrons. The molecule has 1 fully saturated rings. The zero-order valence-electron chi connectivity index (χ0n) is 18.3. The van der Waals surface area contributed by atoms with E-state index in [0.717, 1.165) is 6.54 Å². The molecule has 1 saturated heterocycles. The van der Waals surface area contributed by atoms with Crippen LogP contribution in [-0.2, 0) is 9.59 Å². The summed E-state index contributed by atoms with van der Waals surface area (Å²) >= 11 is 0. The van der Waals surface area contributed by atoms with E-state index in [-0.39, 0.29) is 16.9 Å². The zero-order valence-corrected chi connectivity index (χ0v) is 18.3. The van der Waals surface area contributed by atoms with Crippen molar-refractivity contribution in [3.63, 3.8) is 0 Å². The average Bonchev–Trinajstić information content (AvgIpc) is 3.03. The molecule has 32 heavy (non-hydrogen) atoms. The van der Waals surface area contributed by atoms with Crippen molar-refractivity contribution in [1.29, 1.82) is 0 Å². The van der Waals surface area contributed by atoms with E-state index in [1.54, 1.807) is 30.3 Å². The van der Waals surface area contributed by atoms with Crippen LogP contribution in [0.25, 0.3) is 5.76 Å². The van der Waals surface area contributed by atoms with Crippen LogP contribution >= 0.6 is 0 Å². The monoisotopic (exact) mass is 438 g/mol. The highest BCUT2D eigenvalue weighted by Crippen LogP contribution is 2.39. The summed E-state index contributed by atoms with van der Waals surface area (Å²) in [6.45, 7) is 5.06. The predicted molar refractivity (Wildman–Crippen MR) is 121 cm³/mol. The summed E-state index contributed by atoms with van der Waals surface area (Å²) in [5.74, 6) is -1.58. The number of carbonyl (C=O) groups is 2. The predicted octanol–water partition coefficient (Wildman–Crippen LogP) is 3.76. The molecule has 0 spiro atoms. The zero-order chi connectivity index (χ0) is 23.3. The van der Waals surface area contributed by atoms with Gasteiger partial charge in [0.15, 0.2) is 0 Å². The third-order valence-corrected chi connectivity index (χ3v) is 5.23. The van der Waals surface area contributed by atoms with Crippen LogP contribution < -0.4 is 4.74 Å². The summed E-state index contributed by atoms with van der Waals surface area (Å²) < 4.78 is 18.9. The number of hydrogen-bond donors (Lipinski definition) is 1. The summed E-state index contributed by atoms with van der Waals surface area (Å²) in [5.41, 5.74) is 0.934. The molecule has 0 bridgehead atoms. The standard InChI is InChI=1S/C25H27FN2O4/c1-4-16-32-20-12-8-17(9-13-20)22-21(23(29)18-6-10-19(26)11-7-18)24(30)25(31)28(22)15-5-14-27(2)3/h4,6-13,22,29H,1,5,14-16H2,2-3H3/b23-21-/t22-/m0/s1. The first kappa shape index (κ1) is 23.2. The number of aliphatic hydroxyl groups excluding tert-OH is 1. The molecule has 1 amide bonds. The Balaban J connectivity index is 2.04. The van der Waals surface area contributed by atoms with Crippen LogP contribution in [0.1, 0.15) is 23.6 Å². The molecule has 7 heteroatoms. The lowest BCUT2D eigenvalue weighted by atomic mass is 9.95. The van der Waals surface area contributed by atoms with E-state index >= 15 is 0 Å². The van der Waals surface area contributed by atoms with E-state index in [9.17, 15) is 19.1 Å². The molecule has 1 atom stereocenters. The van der Waals surface area contributed by atoms with Gasteiger partial charge in [-0.1, -0.05) is 24.8 Å². The molecule has 1 aliphatic heterocycles. The largest absolute Gasteiger partial charge is 0.507 e. The number of halogens is 1. The Morgan fingerprint density at radius 1 is 1.16 bits per heavy atom. The van der Waals surface area contributed by atoms with Gasteiger partial charge in [0.05, 0.1) is 11.6 Å². The van der Waals surface area contributed by atoms with Crippen LogP contribution in [0.4, 0.5) is 4.39 Å². The van der Waals surface area contributed by atoms with Gasteiger partial charge in [0, 0.05) is 12.1 Å². The highest BCUT2D eigenvalue weighted by molar-refractivity contribution is 6.46. The number of ether oxygens (including phenoxy) is 1. The number of hydrogen-bond acceptors (Lipinski definition) is 5. The van der Waals surface area contributed by atoms with Crippen molar-refractivity contribution in [3.05, 3.63) is 83.7 Å². The molecule has 0 aliphatic carbocycles. The van der Waals surface area contributed by atoms with Crippen molar-refractivity contribution in [3.8, 4) is 5.75 Å². The van der Waals surface area contributed by atoms with E-state index in [4.69, 9.17) is 4.74 Å². The van der Waals surface area contributed by atoms with Gasteiger partial charge in [0.2, 0.25) is 0 Å². The van der Waals surface area contributed by atoms with Crippen molar-refractivity contribution in [2.75, 3.05) is 33.8 Å². The molecule has 168 valence electrons. The average molecular weight is 438 g/mol. The van der Waals surface area contributed by atoms with Crippen molar-refractivity contribution in [2.45, 2.75) is 12.5 Å². The van der Waals surface area contributed by atoms with Crippen molar-refractivity contribution >= 4 is 17.4 Å². The second-order valence-electron chi connectivity index (χ2n) is 7.82. The van der Waals surface area contributed by atoms with Gasteiger partial charge in [0.25, 0.3) is 11.7 Å². The van der Waals surface area contributed by atoms with E-state index < -0.39 is 23.5 Å². The second kappa shape index (κ2) is 10.2. The van der Waals surface area contributed by atoms with Crippen molar-refractivity contribution in [2.24, 2.45) is 0 Å². The van der Waals surface area contributed by atoms with E-state index in [1.807, 2.05) is 19.0 Å². The highest BCUT2D eigenvalue weighted by Gasteiger charge is 2.45. The van der Waals surface area contributed by atoms with E-state index in [1.165, 1.54) is 29.2 Å². The number of Topliss-reactive ketones (excluding diaryl/α,β-unsaturated/α-hetero) is 1. The Hall–Kier alpha value is -3.45. The Morgan fingerprint density at radius 3 is 2.41 bits per heavy atom. The Bertz CT molecular complexity index is 1010. The maximum atomic E-state index is 13.4. The SMILES string of the molecule is C=CCOc1ccc([C@H]2/C(=C(/O)c3ccc(F)cc3)C(=O)C(=O)N2CCCN(C)C)cc1. The molecule has 2 aromatic carbocycles. The fraction of sp³-hybridized carbons (Fsp3) is 0.280. The lowest BCUT2D eigenvalue weighted by Gasteiger charge is -2.26. The highest BCUT2D eigenvalue weighted by atomic mass is 19.1. The normalized spacial score (nSPS) is 17.8. The first-order valence-corrected chi connectivity index (χ1v) is 10.4. The maximum Gasteiger partial charge on any atom is 0.295 e. The minimum atomic E-state index is -0.756. The second-order valence-corrected chi connectivity index (χ2v) is 7.82. The number of amides is 1. The number of nitrogens with zero attached hydrogens (tertiary/aromatic N) is 2. The third-order valence-electron chi connectivity index (χ3n) is 5.23. The van der Waals surface area contributed by atoms with E-state index in [2.05, 4.69) is 6.58 Å². The van der Waals surface area contributed by atoms with Gasteiger partial charge in [-0.2, -0.15) is 0 Å². The molecule has 3 rings (SSSR count). The van der Waals surface area contributed by atoms with Gasteiger partial charge in [0.1, 0.15) is 23.9 Å². The summed E-state index contributed by atoms with van der Waals surface area (Å²) in [7, 11) is 3.87. The van der Waals surface area contributed by atoms with Gasteiger partial charge in [-0.05, 0) is 69.0 Å². The van der Waals surface area contributed by atoms with Gasteiger partial charge in [-0.25, -0.2) is 4.39 Å². The van der Waals surface area contributed by atoms with Gasteiger partial charge < -0.3 is 19.6 Å². The molecule has 0 aromatic heterocycles. The Kier molecular flexibility index (Phi) is 7.43. The molecule has 0 saturated carbocycles. The van der Waals surface area contributed by atoms with Gasteiger partial charge in [-0.15, -0.1) is 0 Å². The Morgan fingerprint density at radius 2 is 1.81 bits per heavy atom. The molecule has 1 heterocycles. The lowest BCUT2D eigenvalue weighted by Crippen LogP contribution is -2.32. The van der Waals surface area contributed by atoms with Crippen LogP contribution in [0.15, 0.2) is 66.8 Å².